The van der Waals surface area contributed by atoms with E-state index >= 15 is 0 Å². The third-order valence-corrected chi connectivity index (χ3v) is 7.51. The Morgan fingerprint density at radius 1 is 1.17 bits per heavy atom. The van der Waals surface area contributed by atoms with Crippen molar-refractivity contribution in [2.45, 2.75) is 39.0 Å². The van der Waals surface area contributed by atoms with Crippen molar-refractivity contribution < 1.29 is 28.2 Å². The van der Waals surface area contributed by atoms with Gasteiger partial charge in [-0.1, -0.05) is 6.07 Å². The van der Waals surface area contributed by atoms with Gasteiger partial charge in [-0.25, -0.2) is 19.1 Å². The monoisotopic (exact) mass is 572 g/mol. The fraction of sp³-hybridized carbons (Fsp3) is 0.333. The van der Waals surface area contributed by atoms with Gasteiger partial charge in [-0.2, -0.15) is 4.98 Å². The van der Waals surface area contributed by atoms with Gasteiger partial charge in [0.1, 0.15) is 35.2 Å². The molecule has 1 aromatic carbocycles. The highest BCUT2D eigenvalue weighted by molar-refractivity contribution is 6.11. The molecule has 3 aliphatic rings. The Balaban J connectivity index is 1.28. The van der Waals surface area contributed by atoms with E-state index in [0.29, 0.717) is 65.2 Å². The fourth-order valence-electron chi connectivity index (χ4n) is 5.64. The highest BCUT2D eigenvalue weighted by Crippen LogP contribution is 2.40. The van der Waals surface area contributed by atoms with Crippen LogP contribution in [0.3, 0.4) is 0 Å². The van der Waals surface area contributed by atoms with Crippen molar-refractivity contribution in [1.82, 2.24) is 19.3 Å². The van der Waals surface area contributed by atoms with E-state index in [1.54, 1.807) is 43.6 Å². The van der Waals surface area contributed by atoms with Crippen LogP contribution in [0.4, 0.5) is 26.4 Å². The van der Waals surface area contributed by atoms with Gasteiger partial charge in [0.2, 0.25) is 5.88 Å². The summed E-state index contributed by atoms with van der Waals surface area (Å²) in [4.78, 5) is 39.3. The Hall–Kier alpha value is -4.71. The summed E-state index contributed by atoms with van der Waals surface area (Å²) >= 11 is 0. The molecule has 3 aliphatic heterocycles. The molecule has 42 heavy (non-hydrogen) atoms. The number of hydrogen-bond acceptors (Lipinski definition) is 9. The molecule has 0 aliphatic carbocycles. The minimum Gasteiger partial charge on any atom is -0.474 e. The molecule has 0 unspecified atom stereocenters. The van der Waals surface area contributed by atoms with Crippen molar-refractivity contribution in [2.24, 2.45) is 0 Å². The van der Waals surface area contributed by atoms with Crippen LogP contribution in [0.25, 0.3) is 16.9 Å². The summed E-state index contributed by atoms with van der Waals surface area (Å²) in [7, 11) is 0. The van der Waals surface area contributed by atoms with E-state index < -0.39 is 23.4 Å². The van der Waals surface area contributed by atoms with Gasteiger partial charge in [0.05, 0.1) is 48.9 Å². The Kier molecular flexibility index (Phi) is 6.05. The zero-order valence-corrected chi connectivity index (χ0v) is 23.4. The Labute approximate surface area is 240 Å². The second-order valence-electron chi connectivity index (χ2n) is 11.5. The van der Waals surface area contributed by atoms with Crippen LogP contribution in [-0.2, 0) is 16.0 Å². The Morgan fingerprint density at radius 3 is 2.86 bits per heavy atom. The van der Waals surface area contributed by atoms with Crippen LogP contribution < -0.4 is 15.0 Å². The van der Waals surface area contributed by atoms with Gasteiger partial charge in [0.25, 0.3) is 5.91 Å². The van der Waals surface area contributed by atoms with Gasteiger partial charge < -0.3 is 24.4 Å². The van der Waals surface area contributed by atoms with Gasteiger partial charge in [0.15, 0.2) is 0 Å². The molecular weight excluding hydrogens is 543 g/mol. The Morgan fingerprint density at radius 2 is 2.02 bits per heavy atom. The first-order chi connectivity index (χ1) is 20.2. The summed E-state index contributed by atoms with van der Waals surface area (Å²) in [5, 5.41) is 3.28. The molecule has 0 spiro atoms. The smallest absolute Gasteiger partial charge is 0.417 e. The quantitative estimate of drug-likeness (QED) is 0.371. The number of fused-ring (bicyclic) bond motifs is 5. The van der Waals surface area contributed by atoms with E-state index in [4.69, 9.17) is 19.2 Å². The van der Waals surface area contributed by atoms with E-state index in [1.165, 1.54) is 12.1 Å². The number of carbonyl (C=O) groups is 2. The third kappa shape index (κ3) is 4.48. The molecule has 1 fully saturated rings. The molecule has 4 aromatic rings. The number of pyridine rings is 2. The van der Waals surface area contributed by atoms with E-state index in [1.807, 2.05) is 18.2 Å². The number of aromatic nitrogens is 3. The van der Waals surface area contributed by atoms with Gasteiger partial charge in [-0.15, -0.1) is 0 Å². The average molecular weight is 573 g/mol. The zero-order chi connectivity index (χ0) is 29.2. The number of carbonyl (C=O) groups excluding carboxylic acids is 2. The molecule has 11 nitrogen and oxygen atoms in total. The highest BCUT2D eigenvalue weighted by Gasteiger charge is 2.39. The highest BCUT2D eigenvalue weighted by atomic mass is 19.1. The number of morpholine rings is 1. The maximum atomic E-state index is 13.9. The van der Waals surface area contributed by atoms with Crippen LogP contribution in [0.2, 0.25) is 0 Å². The topological polar surface area (TPSA) is 111 Å². The number of hydrogen-bond donors (Lipinski definition) is 1. The summed E-state index contributed by atoms with van der Waals surface area (Å²) in [5.41, 5.74) is 3.32. The van der Waals surface area contributed by atoms with Crippen LogP contribution >= 0.6 is 0 Å². The van der Waals surface area contributed by atoms with Gasteiger partial charge in [-0.3, -0.25) is 9.20 Å². The fourth-order valence-corrected chi connectivity index (χ4v) is 5.64. The number of ether oxygens (including phenoxy) is 3. The number of imide groups is 1. The first-order valence-electron chi connectivity index (χ1n) is 13.8. The predicted octanol–water partition coefficient (Wildman–Crippen LogP) is 4.77. The van der Waals surface area contributed by atoms with Crippen molar-refractivity contribution in [3.8, 4) is 17.1 Å². The molecule has 2 amide bonds. The number of anilines is 3. The maximum Gasteiger partial charge on any atom is 0.417 e. The first-order valence-corrected chi connectivity index (χ1v) is 13.8. The lowest BCUT2D eigenvalue weighted by Gasteiger charge is -2.40. The second-order valence-corrected chi connectivity index (χ2v) is 11.5. The van der Waals surface area contributed by atoms with Gasteiger partial charge in [0, 0.05) is 24.4 Å². The number of amides is 2. The molecule has 0 bridgehead atoms. The van der Waals surface area contributed by atoms with Gasteiger partial charge in [-0.05, 0) is 50.6 Å². The lowest BCUT2D eigenvalue weighted by Crippen LogP contribution is -2.51. The largest absolute Gasteiger partial charge is 0.474 e. The van der Waals surface area contributed by atoms with E-state index in [2.05, 4.69) is 15.2 Å². The lowest BCUT2D eigenvalue weighted by molar-refractivity contribution is 0.0248. The molecule has 1 saturated heterocycles. The molecule has 12 heteroatoms. The molecule has 6 heterocycles. The number of rotatable bonds is 3. The summed E-state index contributed by atoms with van der Waals surface area (Å²) in [6.45, 7) is 7.73. The lowest BCUT2D eigenvalue weighted by atomic mass is 9.99. The number of benzene rings is 1. The molecule has 216 valence electrons. The minimum absolute atomic E-state index is 0.00150. The van der Waals surface area contributed by atoms with Crippen molar-refractivity contribution in [1.29, 1.82) is 0 Å². The van der Waals surface area contributed by atoms with Crippen molar-refractivity contribution in [3.05, 3.63) is 65.7 Å². The van der Waals surface area contributed by atoms with Crippen LogP contribution in [0.1, 0.15) is 36.7 Å². The van der Waals surface area contributed by atoms with Crippen molar-refractivity contribution >= 4 is 34.8 Å². The zero-order valence-electron chi connectivity index (χ0n) is 23.4. The van der Waals surface area contributed by atoms with Crippen LogP contribution in [0.5, 0.6) is 5.88 Å². The SMILES string of the molecule is CC(C)(C)OC(=O)N1Cc2c(-c3cnc4cc(F)ccn34)ccc(Nc3ccc4c(n3)OC[C@H]3COCCN43)c2C1=O. The van der Waals surface area contributed by atoms with Crippen LogP contribution in [0, 0.1) is 5.82 Å². The number of imidazole rings is 1. The molecule has 0 radical (unpaired) electrons. The number of halogens is 1. The standard InChI is InChI=1S/C30H29FN6O5/c1-30(2,3)42-29(39)37-14-20-19(23-13-32-25-12-17(31)8-9-36(23)25)4-5-21(26(20)28(37)38)33-24-7-6-22-27(34-24)41-16-18-15-40-11-10-35(18)22/h4-9,12-13,18H,10-11,14-16H2,1-3H3,(H,33,34)/t18-/m1/s1. The number of nitrogens with zero attached hydrogens (tertiary/aromatic N) is 5. The normalized spacial score (nSPS) is 17.9. The molecule has 7 rings (SSSR count). The molecular formula is C30H29FN6O5. The average Bonchev–Trinajstić information content (AvgIpc) is 3.53. The van der Waals surface area contributed by atoms with E-state index in [0.717, 1.165) is 17.1 Å². The van der Waals surface area contributed by atoms with E-state index in [-0.39, 0.29) is 12.6 Å². The second kappa shape index (κ2) is 9.69. The van der Waals surface area contributed by atoms with Crippen molar-refractivity contribution in [3.63, 3.8) is 0 Å². The molecule has 0 saturated carbocycles. The molecule has 3 aromatic heterocycles. The third-order valence-electron chi connectivity index (χ3n) is 7.51. The van der Waals surface area contributed by atoms with Crippen molar-refractivity contribution in [2.75, 3.05) is 36.6 Å². The summed E-state index contributed by atoms with van der Waals surface area (Å²) in [6, 6.07) is 10.2. The summed E-state index contributed by atoms with van der Waals surface area (Å²) in [5.74, 6) is 0.102. The van der Waals surface area contributed by atoms with Gasteiger partial charge >= 0.3 is 6.09 Å². The maximum absolute atomic E-state index is 13.9. The minimum atomic E-state index is -0.783. The van der Waals surface area contributed by atoms with E-state index in [9.17, 15) is 14.0 Å². The number of nitrogens with one attached hydrogen (secondary N) is 1. The van der Waals surface area contributed by atoms with Crippen LogP contribution in [0.15, 0.2) is 48.8 Å². The summed E-state index contributed by atoms with van der Waals surface area (Å²) < 4.78 is 32.7. The van der Waals surface area contributed by atoms with Crippen LogP contribution in [-0.4, -0.2) is 69.3 Å². The molecule has 1 atom stereocenters. The predicted molar refractivity (Wildman–Crippen MR) is 152 cm³/mol. The Bertz CT molecular complexity index is 1750. The summed E-state index contributed by atoms with van der Waals surface area (Å²) in [6.07, 6.45) is 2.48. The molecule has 1 N–H and O–H groups in total. The first kappa shape index (κ1) is 26.2.